The van der Waals surface area contributed by atoms with Crippen LogP contribution in [0.25, 0.3) is 0 Å². The first kappa shape index (κ1) is 17.7. The third-order valence-electron chi connectivity index (χ3n) is 4.01. The fraction of sp³-hybridized carbons (Fsp3) is 0.667. The molecule has 1 aromatic heterocycles. The lowest BCUT2D eigenvalue weighted by Crippen LogP contribution is -2.38. The van der Waals surface area contributed by atoms with Crippen LogP contribution < -0.4 is 4.90 Å². The van der Waals surface area contributed by atoms with Crippen LogP contribution in [0.2, 0.25) is 0 Å². The van der Waals surface area contributed by atoms with E-state index in [-0.39, 0.29) is 6.09 Å². The highest BCUT2D eigenvalue weighted by Crippen LogP contribution is 2.35. The number of ether oxygens (including phenoxy) is 1. The lowest BCUT2D eigenvalue weighted by molar-refractivity contribution is 0.0578. The van der Waals surface area contributed by atoms with Crippen LogP contribution in [-0.4, -0.2) is 41.7 Å². The number of hydrogen-bond donors (Lipinski definition) is 0. The second kappa shape index (κ2) is 7.30. The molecule has 0 bridgehead atoms. The minimum Gasteiger partial charge on any atom is -0.443 e. The second-order valence-corrected chi connectivity index (χ2v) is 7.19. The number of likely N-dealkylation sites (tertiary alicyclic amines) is 1. The van der Waals surface area contributed by atoms with Crippen LogP contribution in [0.4, 0.5) is 10.6 Å². The van der Waals surface area contributed by atoms with E-state index in [1.54, 1.807) is 11.1 Å². The van der Waals surface area contributed by atoms with Crippen LogP contribution >= 0.6 is 0 Å². The molecule has 0 saturated carbocycles. The van der Waals surface area contributed by atoms with E-state index >= 15 is 0 Å². The number of rotatable bonds is 4. The summed E-state index contributed by atoms with van der Waals surface area (Å²) in [5.41, 5.74) is 0.606. The van der Waals surface area contributed by atoms with E-state index in [4.69, 9.17) is 4.74 Å². The van der Waals surface area contributed by atoms with Crippen molar-refractivity contribution < 1.29 is 9.53 Å². The Morgan fingerprint density at radius 1 is 1.48 bits per heavy atom. The van der Waals surface area contributed by atoms with Gasteiger partial charge in [-0.15, -0.1) is 0 Å². The SMILES string of the molecule is CCCN(C(=O)OC(C)(C)C)c1ncccc1C1CCCN1C. The van der Waals surface area contributed by atoms with Crippen molar-refractivity contribution in [3.63, 3.8) is 0 Å². The van der Waals surface area contributed by atoms with Crippen molar-refractivity contribution in [1.29, 1.82) is 0 Å². The van der Waals surface area contributed by atoms with E-state index in [1.807, 2.05) is 26.8 Å². The van der Waals surface area contributed by atoms with Crippen LogP contribution in [0, 0.1) is 0 Å². The summed E-state index contributed by atoms with van der Waals surface area (Å²) in [6.45, 7) is 9.41. The normalized spacial score (nSPS) is 18.9. The molecule has 1 aliphatic rings. The Morgan fingerprint density at radius 3 is 2.78 bits per heavy atom. The first-order valence-electron chi connectivity index (χ1n) is 8.49. The fourth-order valence-electron chi connectivity index (χ4n) is 3.02. The van der Waals surface area contributed by atoms with Gasteiger partial charge in [-0.2, -0.15) is 0 Å². The monoisotopic (exact) mass is 319 g/mol. The molecule has 1 amide bonds. The van der Waals surface area contributed by atoms with Crippen LogP contribution in [0.5, 0.6) is 0 Å². The zero-order valence-electron chi connectivity index (χ0n) is 15.0. The summed E-state index contributed by atoms with van der Waals surface area (Å²) in [6, 6.07) is 4.35. The van der Waals surface area contributed by atoms with Crippen molar-refractivity contribution in [2.45, 2.75) is 58.6 Å². The topological polar surface area (TPSA) is 45.7 Å². The molecule has 0 spiro atoms. The Balaban J connectivity index is 2.34. The van der Waals surface area contributed by atoms with E-state index in [0.29, 0.717) is 12.6 Å². The van der Waals surface area contributed by atoms with Gasteiger partial charge in [0.25, 0.3) is 0 Å². The molecule has 1 aromatic rings. The Labute approximate surface area is 139 Å². The highest BCUT2D eigenvalue weighted by atomic mass is 16.6. The van der Waals surface area contributed by atoms with Gasteiger partial charge in [0.2, 0.25) is 0 Å². The van der Waals surface area contributed by atoms with E-state index in [9.17, 15) is 4.79 Å². The fourth-order valence-corrected chi connectivity index (χ4v) is 3.02. The maximum Gasteiger partial charge on any atom is 0.416 e. The van der Waals surface area contributed by atoms with Gasteiger partial charge in [0.05, 0.1) is 0 Å². The van der Waals surface area contributed by atoms with Gasteiger partial charge in [-0.1, -0.05) is 13.0 Å². The minimum atomic E-state index is -0.512. The van der Waals surface area contributed by atoms with E-state index in [2.05, 4.69) is 29.9 Å². The molecule has 1 aliphatic heterocycles. The van der Waals surface area contributed by atoms with Crippen molar-refractivity contribution in [2.75, 3.05) is 25.0 Å². The number of anilines is 1. The Kier molecular flexibility index (Phi) is 5.63. The van der Waals surface area contributed by atoms with Crippen molar-refractivity contribution in [1.82, 2.24) is 9.88 Å². The molecule has 23 heavy (non-hydrogen) atoms. The number of carbonyl (C=O) groups excluding carboxylic acids is 1. The van der Waals surface area contributed by atoms with Gasteiger partial charge in [-0.3, -0.25) is 9.80 Å². The number of nitrogens with zero attached hydrogens (tertiary/aromatic N) is 3. The maximum absolute atomic E-state index is 12.6. The molecule has 0 N–H and O–H groups in total. The third-order valence-corrected chi connectivity index (χ3v) is 4.01. The summed E-state index contributed by atoms with van der Waals surface area (Å²) in [4.78, 5) is 21.2. The molecule has 0 aliphatic carbocycles. The van der Waals surface area contributed by atoms with E-state index in [1.165, 1.54) is 6.42 Å². The Hall–Kier alpha value is -1.62. The highest BCUT2D eigenvalue weighted by molar-refractivity contribution is 5.87. The largest absolute Gasteiger partial charge is 0.443 e. The standard InChI is InChI=1S/C18H29N3O2/c1-6-12-21(17(22)23-18(2,3)4)16-14(9-7-11-19-16)15-10-8-13-20(15)5/h7,9,11,15H,6,8,10,12-13H2,1-5H3. The molecule has 5 nitrogen and oxygen atoms in total. The lowest BCUT2D eigenvalue weighted by atomic mass is 10.1. The van der Waals surface area contributed by atoms with Crippen LogP contribution in [-0.2, 0) is 4.74 Å². The lowest BCUT2D eigenvalue weighted by Gasteiger charge is -2.30. The van der Waals surface area contributed by atoms with E-state index < -0.39 is 5.60 Å². The minimum absolute atomic E-state index is 0.319. The predicted molar refractivity (Wildman–Crippen MR) is 92.7 cm³/mol. The van der Waals surface area contributed by atoms with Gasteiger partial charge in [0.1, 0.15) is 11.4 Å². The first-order chi connectivity index (χ1) is 10.8. The molecule has 1 atom stereocenters. The van der Waals surface area contributed by atoms with Crippen molar-refractivity contribution in [3.8, 4) is 0 Å². The van der Waals surface area contributed by atoms with Crippen LogP contribution in [0.15, 0.2) is 18.3 Å². The van der Waals surface area contributed by atoms with Crippen molar-refractivity contribution in [2.24, 2.45) is 0 Å². The number of aromatic nitrogens is 1. The summed E-state index contributed by atoms with van der Waals surface area (Å²) >= 11 is 0. The zero-order valence-corrected chi connectivity index (χ0v) is 15.0. The van der Waals surface area contributed by atoms with Crippen molar-refractivity contribution >= 4 is 11.9 Å². The molecular formula is C18H29N3O2. The average Bonchev–Trinajstić information content (AvgIpc) is 2.89. The Bertz CT molecular complexity index is 539. The number of carbonyl (C=O) groups is 1. The van der Waals surface area contributed by atoms with Gasteiger partial charge < -0.3 is 4.74 Å². The first-order valence-corrected chi connectivity index (χ1v) is 8.49. The summed E-state index contributed by atoms with van der Waals surface area (Å²) in [5.74, 6) is 0.738. The highest BCUT2D eigenvalue weighted by Gasteiger charge is 2.30. The molecule has 1 unspecified atom stereocenters. The zero-order chi connectivity index (χ0) is 17.0. The third kappa shape index (κ3) is 4.44. The summed E-state index contributed by atoms with van der Waals surface area (Å²) in [6.07, 6.45) is 4.57. The summed E-state index contributed by atoms with van der Waals surface area (Å²) < 4.78 is 5.58. The number of amides is 1. The molecule has 0 aromatic carbocycles. The Morgan fingerprint density at radius 2 is 2.22 bits per heavy atom. The summed E-state index contributed by atoms with van der Waals surface area (Å²) in [5, 5.41) is 0. The van der Waals surface area contributed by atoms with Gasteiger partial charge in [0.15, 0.2) is 0 Å². The van der Waals surface area contributed by atoms with E-state index in [0.717, 1.165) is 30.8 Å². The predicted octanol–water partition coefficient (Wildman–Crippen LogP) is 4.00. The molecular weight excluding hydrogens is 290 g/mol. The van der Waals surface area contributed by atoms with Crippen molar-refractivity contribution in [3.05, 3.63) is 23.9 Å². The van der Waals surface area contributed by atoms with Gasteiger partial charge in [0, 0.05) is 24.3 Å². The molecule has 2 heterocycles. The summed E-state index contributed by atoms with van der Waals surface area (Å²) in [7, 11) is 2.13. The van der Waals surface area contributed by atoms with Crippen LogP contribution in [0.3, 0.4) is 0 Å². The smallest absolute Gasteiger partial charge is 0.416 e. The molecule has 0 radical (unpaired) electrons. The average molecular weight is 319 g/mol. The quantitative estimate of drug-likeness (QED) is 0.841. The van der Waals surface area contributed by atoms with Gasteiger partial charge >= 0.3 is 6.09 Å². The molecule has 1 fully saturated rings. The van der Waals surface area contributed by atoms with Crippen LogP contribution in [0.1, 0.15) is 58.6 Å². The van der Waals surface area contributed by atoms with Gasteiger partial charge in [-0.05, 0) is 59.7 Å². The molecule has 5 heteroatoms. The van der Waals surface area contributed by atoms with Gasteiger partial charge in [-0.25, -0.2) is 9.78 Å². The number of pyridine rings is 1. The number of hydrogen-bond acceptors (Lipinski definition) is 4. The molecule has 2 rings (SSSR count). The molecule has 1 saturated heterocycles. The maximum atomic E-state index is 12.6. The molecule has 128 valence electrons. The second-order valence-electron chi connectivity index (χ2n) is 7.19.